The molecule has 7 N–H and O–H groups in total. The SMILES string of the molecule is [2H]C([2H])(OP(=O)(O)OP(=O)(O)OP(=O)(O)O)[C@@]1(F)O[C@@]([2H])(n2ccc(=O)[nH]c2=O)[C@H](O)[C@@H]1O. The van der Waals surface area contributed by atoms with Crippen molar-refractivity contribution < 1.29 is 69.9 Å². The highest BCUT2D eigenvalue weighted by molar-refractivity contribution is 7.66. The molecule has 30 heavy (non-hydrogen) atoms. The summed E-state index contributed by atoms with van der Waals surface area (Å²) in [4.78, 5) is 60.0. The van der Waals surface area contributed by atoms with Crippen LogP contribution in [-0.2, 0) is 31.6 Å². The first-order valence-electron chi connectivity index (χ1n) is 8.47. The Hall–Kier alpha value is -1.10. The number of hydrogen-bond acceptors (Lipinski definition) is 11. The second-order valence-corrected chi connectivity index (χ2v) is 9.58. The van der Waals surface area contributed by atoms with Crippen molar-refractivity contribution in [1.29, 1.82) is 0 Å². The molecule has 0 spiro atoms. The number of aliphatic hydroxyl groups is 2. The number of rotatable bonds is 8. The molecule has 1 aliphatic heterocycles. The first-order valence-corrected chi connectivity index (χ1v) is 11.5. The minimum atomic E-state index is -6.34. The summed E-state index contributed by atoms with van der Waals surface area (Å²) < 4.78 is 86.7. The maximum absolute atomic E-state index is 15.3. The molecule has 1 aromatic heterocycles. The molecule has 2 heterocycles. The molecule has 2 unspecified atom stereocenters. The molecule has 0 bridgehead atoms. The minimum Gasteiger partial charge on any atom is -0.385 e. The molecule has 6 atom stereocenters. The lowest BCUT2D eigenvalue weighted by Gasteiger charge is -2.24. The van der Waals surface area contributed by atoms with Crippen LogP contribution in [0.15, 0.2) is 21.9 Å². The number of aliphatic hydroxyl groups excluding tert-OH is 2. The number of nitrogens with one attached hydrogen (secondary N) is 1. The van der Waals surface area contributed by atoms with Crippen molar-refractivity contribution in [2.24, 2.45) is 0 Å². The highest BCUT2D eigenvalue weighted by Gasteiger charge is 2.57. The minimum absolute atomic E-state index is 0.00449. The Morgan fingerprint density at radius 3 is 2.37 bits per heavy atom. The Bertz CT molecular complexity index is 1190. The third kappa shape index (κ3) is 6.21. The Balaban J connectivity index is 2.40. The van der Waals surface area contributed by atoms with Gasteiger partial charge in [-0.3, -0.25) is 18.9 Å². The summed E-state index contributed by atoms with van der Waals surface area (Å²) in [7, 11) is -18.3. The maximum Gasteiger partial charge on any atom is 0.490 e. The van der Waals surface area contributed by atoms with Gasteiger partial charge in [0.2, 0.25) is 0 Å². The summed E-state index contributed by atoms with van der Waals surface area (Å²) in [5.41, 5.74) is -2.51. The first-order chi connectivity index (χ1) is 14.6. The summed E-state index contributed by atoms with van der Waals surface area (Å²) in [5, 5.41) is 20.0. The van der Waals surface area contributed by atoms with Crippen LogP contribution in [0.5, 0.6) is 0 Å². The fraction of sp³-hybridized carbons (Fsp3) is 0.556. The molecule has 0 aromatic carbocycles. The lowest BCUT2D eigenvalue weighted by atomic mass is 10.1. The van der Waals surface area contributed by atoms with Crippen LogP contribution in [0, 0.1) is 0 Å². The Morgan fingerprint density at radius 2 is 1.83 bits per heavy atom. The van der Waals surface area contributed by atoms with Crippen molar-refractivity contribution in [3.8, 4) is 0 Å². The Labute approximate surface area is 167 Å². The average Bonchev–Trinajstić information content (AvgIpc) is 2.72. The predicted octanol–water partition coefficient (Wildman–Crippen LogP) is -2.20. The van der Waals surface area contributed by atoms with Crippen LogP contribution >= 0.6 is 23.5 Å². The van der Waals surface area contributed by atoms with Crippen LogP contribution in [0.2, 0.25) is 0 Å². The second kappa shape index (κ2) is 8.44. The standard InChI is InChI=1S/C9H14FN2O15P3/c10-9(3-24-29(20,21)27-30(22,23)26-28(17,18)19)6(15)5(14)7(25-9)12-2-1-4(13)11-8(12)16/h1-2,5-7,14-15H,3H2,(H,20,21)(H,22,23)(H,11,13,16)(H2,17,18,19)/t5-,6+,7-,9-/m1/s1/i3D2,7D. The van der Waals surface area contributed by atoms with Crippen molar-refractivity contribution in [2.75, 3.05) is 6.56 Å². The molecule has 21 heteroatoms. The number of aromatic nitrogens is 2. The van der Waals surface area contributed by atoms with E-state index in [1.165, 1.54) is 0 Å². The van der Waals surface area contributed by atoms with Crippen LogP contribution in [0.25, 0.3) is 0 Å². The number of aromatic amines is 1. The predicted molar refractivity (Wildman–Crippen MR) is 87.1 cm³/mol. The molecule has 1 saturated heterocycles. The van der Waals surface area contributed by atoms with Crippen molar-refractivity contribution in [2.45, 2.75) is 24.3 Å². The van der Waals surface area contributed by atoms with E-state index in [0.29, 0.717) is 12.3 Å². The summed E-state index contributed by atoms with van der Waals surface area (Å²) in [6.45, 7) is -4.45. The number of alkyl halides is 1. The third-order valence-corrected chi connectivity index (χ3v) is 6.61. The van der Waals surface area contributed by atoms with E-state index in [4.69, 9.17) is 18.8 Å². The fourth-order valence-corrected chi connectivity index (χ4v) is 4.77. The van der Waals surface area contributed by atoms with E-state index >= 15 is 4.39 Å². The van der Waals surface area contributed by atoms with Crippen LogP contribution < -0.4 is 11.2 Å². The van der Waals surface area contributed by atoms with Gasteiger partial charge < -0.3 is 34.5 Å². The molecular weight excluding hydrogens is 488 g/mol. The topological polar surface area (TPSA) is 264 Å². The average molecular weight is 505 g/mol. The van der Waals surface area contributed by atoms with Crippen molar-refractivity contribution >= 4 is 23.5 Å². The van der Waals surface area contributed by atoms with Crippen molar-refractivity contribution in [3.05, 3.63) is 33.1 Å². The Kier molecular flexibility index (Phi) is 5.85. The number of hydrogen-bond donors (Lipinski definition) is 7. The number of phosphoric ester groups is 1. The van der Waals surface area contributed by atoms with E-state index in [2.05, 4.69) is 17.9 Å². The van der Waals surface area contributed by atoms with Gasteiger partial charge in [-0.1, -0.05) is 0 Å². The van der Waals surface area contributed by atoms with Gasteiger partial charge in [-0.2, -0.15) is 8.62 Å². The molecule has 0 aliphatic carbocycles. The highest BCUT2D eigenvalue weighted by Crippen LogP contribution is 2.66. The van der Waals surface area contributed by atoms with Crippen LogP contribution in [-0.4, -0.2) is 64.0 Å². The zero-order valence-electron chi connectivity index (χ0n) is 16.8. The van der Waals surface area contributed by atoms with E-state index in [-0.39, 0.29) is 4.57 Å². The number of ether oxygens (including phenoxy) is 1. The van der Waals surface area contributed by atoms with Crippen LogP contribution in [0.1, 0.15) is 10.3 Å². The summed E-state index contributed by atoms with van der Waals surface area (Å²) in [6.07, 6.45) is -8.91. The maximum atomic E-state index is 15.3. The molecule has 0 amide bonds. The van der Waals surface area contributed by atoms with Gasteiger partial charge in [0.05, 0.1) is 4.11 Å². The number of phosphoric acid groups is 3. The van der Waals surface area contributed by atoms with Gasteiger partial charge in [-0.05, 0) is 0 Å². The molecule has 0 radical (unpaired) electrons. The molecule has 17 nitrogen and oxygen atoms in total. The van der Waals surface area contributed by atoms with Crippen molar-refractivity contribution in [1.82, 2.24) is 9.55 Å². The summed E-state index contributed by atoms with van der Waals surface area (Å²) >= 11 is 0. The molecule has 0 saturated carbocycles. The van der Waals surface area contributed by atoms with Gasteiger partial charge in [0.25, 0.3) is 11.4 Å². The molecule has 172 valence electrons. The van der Waals surface area contributed by atoms with Gasteiger partial charge in [0.1, 0.15) is 18.8 Å². The summed E-state index contributed by atoms with van der Waals surface area (Å²) in [5.74, 6) is -4.49. The zero-order valence-corrected chi connectivity index (χ0v) is 16.5. The third-order valence-electron chi connectivity index (χ3n) is 2.96. The van der Waals surface area contributed by atoms with E-state index in [1.807, 2.05) is 0 Å². The van der Waals surface area contributed by atoms with Gasteiger partial charge in [-0.15, -0.1) is 0 Å². The normalized spacial score (nSPS) is 35.6. The van der Waals surface area contributed by atoms with E-state index in [0.717, 1.165) is 0 Å². The molecule has 1 aromatic rings. The van der Waals surface area contributed by atoms with Gasteiger partial charge in [0, 0.05) is 12.3 Å². The van der Waals surface area contributed by atoms with E-state index < -0.39 is 65.5 Å². The Morgan fingerprint density at radius 1 is 1.23 bits per heavy atom. The van der Waals surface area contributed by atoms with Crippen molar-refractivity contribution in [3.63, 3.8) is 0 Å². The largest absolute Gasteiger partial charge is 0.490 e. The van der Waals surface area contributed by atoms with Gasteiger partial charge in [0.15, 0.2) is 6.20 Å². The molecule has 2 rings (SSSR count). The lowest BCUT2D eigenvalue weighted by Crippen LogP contribution is -2.43. The first kappa shape index (κ1) is 20.8. The molecule has 1 fully saturated rings. The second-order valence-electron chi connectivity index (χ2n) is 5.24. The number of H-pyrrole nitrogens is 1. The zero-order chi connectivity index (χ0) is 25.8. The smallest absolute Gasteiger partial charge is 0.385 e. The monoisotopic (exact) mass is 505 g/mol. The highest BCUT2D eigenvalue weighted by atomic mass is 31.3. The van der Waals surface area contributed by atoms with E-state index in [1.54, 1.807) is 4.98 Å². The number of nitrogens with zero attached hydrogens (tertiary/aromatic N) is 1. The van der Waals surface area contributed by atoms with Gasteiger partial charge >= 0.3 is 29.2 Å². The number of halogens is 1. The van der Waals surface area contributed by atoms with E-state index in [9.17, 15) is 38.4 Å². The quantitative estimate of drug-likeness (QED) is 0.185. The van der Waals surface area contributed by atoms with Crippen LogP contribution in [0.3, 0.4) is 0 Å². The molecule has 1 aliphatic rings. The summed E-state index contributed by atoms with van der Waals surface area (Å²) in [6, 6.07) is 0.596. The van der Waals surface area contributed by atoms with Gasteiger partial charge in [-0.25, -0.2) is 22.9 Å². The van der Waals surface area contributed by atoms with Crippen LogP contribution in [0.4, 0.5) is 4.39 Å². The fourth-order valence-electron chi connectivity index (χ4n) is 1.89. The molecular formula is C9H14FN2O15P3. The lowest BCUT2D eigenvalue weighted by molar-refractivity contribution is -0.204.